The molecule has 1 atom stereocenters. The number of nitriles is 1. The number of rotatable bonds is 3. The van der Waals surface area contributed by atoms with Gasteiger partial charge < -0.3 is 9.47 Å². The minimum atomic E-state index is -3.92. The lowest BCUT2D eigenvalue weighted by Gasteiger charge is -2.30. The van der Waals surface area contributed by atoms with E-state index in [0.717, 1.165) is 4.31 Å². The normalized spacial score (nSPS) is 19.7. The van der Waals surface area contributed by atoms with Crippen LogP contribution in [0.25, 0.3) is 0 Å². The molecule has 1 fully saturated rings. The van der Waals surface area contributed by atoms with E-state index in [1.807, 2.05) is 0 Å². The number of sulfonamides is 1. The number of methoxy groups -OCH3 is 1. The van der Waals surface area contributed by atoms with E-state index in [9.17, 15) is 13.2 Å². The van der Waals surface area contributed by atoms with Crippen LogP contribution in [0.1, 0.15) is 5.69 Å². The van der Waals surface area contributed by atoms with Crippen LogP contribution < -0.4 is 0 Å². The van der Waals surface area contributed by atoms with Crippen molar-refractivity contribution in [2.75, 3.05) is 26.8 Å². The Morgan fingerprint density at radius 1 is 1.62 bits per heavy atom. The molecule has 1 aliphatic rings. The average Bonchev–Trinajstić information content (AvgIpc) is 2.54. The summed E-state index contributed by atoms with van der Waals surface area (Å²) in [5, 5.41) is 8.96. The Bertz CT molecular complexity index is 682. The molecule has 112 valence electrons. The maximum absolute atomic E-state index is 12.6. The zero-order valence-electron chi connectivity index (χ0n) is 11.2. The Balaban J connectivity index is 2.31. The molecule has 1 aliphatic heterocycles. The number of pyridine rings is 1. The van der Waals surface area contributed by atoms with Crippen molar-refractivity contribution in [1.29, 1.82) is 5.26 Å². The number of ether oxygens (including phenoxy) is 2. The predicted octanol–water partition coefficient (Wildman–Crippen LogP) is -0.484. The Hall–Kier alpha value is -2.02. The van der Waals surface area contributed by atoms with Gasteiger partial charge in [0.25, 0.3) is 0 Å². The second kappa shape index (κ2) is 6.17. The average molecular weight is 311 g/mol. The molecule has 0 radical (unpaired) electrons. The number of carbonyl (C=O) groups excluding carboxylic acids is 1. The first-order valence-corrected chi connectivity index (χ1v) is 7.49. The fourth-order valence-electron chi connectivity index (χ4n) is 1.94. The van der Waals surface area contributed by atoms with Gasteiger partial charge in [-0.1, -0.05) is 0 Å². The molecular formula is C12H13N3O5S. The van der Waals surface area contributed by atoms with Crippen LogP contribution in [0.15, 0.2) is 23.2 Å². The summed E-state index contributed by atoms with van der Waals surface area (Å²) in [4.78, 5) is 15.0. The second-order valence-electron chi connectivity index (χ2n) is 4.21. The summed E-state index contributed by atoms with van der Waals surface area (Å²) in [6.07, 6.45) is 0.370. The third-order valence-corrected chi connectivity index (χ3v) is 4.88. The van der Waals surface area contributed by atoms with Crippen molar-refractivity contribution >= 4 is 16.0 Å². The van der Waals surface area contributed by atoms with Gasteiger partial charge in [-0.3, -0.25) is 0 Å². The summed E-state index contributed by atoms with van der Waals surface area (Å²) >= 11 is 0. The molecule has 0 bridgehead atoms. The predicted molar refractivity (Wildman–Crippen MR) is 69.5 cm³/mol. The van der Waals surface area contributed by atoms with E-state index in [4.69, 9.17) is 10.00 Å². The number of aromatic nitrogens is 1. The first-order valence-electron chi connectivity index (χ1n) is 6.05. The van der Waals surface area contributed by atoms with Crippen molar-refractivity contribution in [2.24, 2.45) is 0 Å². The quantitative estimate of drug-likeness (QED) is 0.693. The molecule has 2 rings (SSSR count). The van der Waals surface area contributed by atoms with Crippen LogP contribution in [-0.2, 0) is 24.3 Å². The zero-order chi connectivity index (χ0) is 15.5. The highest BCUT2D eigenvalue weighted by atomic mass is 32.2. The standard InChI is InChI=1S/C12H13N3O5S/c1-19-12(16)10-8-15(5-6-20-10)21(17,18)11-3-2-4-14-9(11)7-13/h2-4,10H,5-6,8H2,1H3. The van der Waals surface area contributed by atoms with Gasteiger partial charge in [-0.15, -0.1) is 0 Å². The lowest BCUT2D eigenvalue weighted by atomic mass is 10.3. The third kappa shape index (κ3) is 3.02. The lowest BCUT2D eigenvalue weighted by Crippen LogP contribution is -2.48. The van der Waals surface area contributed by atoms with Crippen LogP contribution in [0.3, 0.4) is 0 Å². The summed E-state index contributed by atoms with van der Waals surface area (Å²) in [5.41, 5.74) is -0.182. The van der Waals surface area contributed by atoms with E-state index >= 15 is 0 Å². The fourth-order valence-corrected chi connectivity index (χ4v) is 3.46. The van der Waals surface area contributed by atoms with E-state index in [2.05, 4.69) is 9.72 Å². The van der Waals surface area contributed by atoms with Gasteiger partial charge in [-0.25, -0.2) is 18.2 Å². The molecule has 2 heterocycles. The first-order chi connectivity index (χ1) is 10.0. The van der Waals surface area contributed by atoms with Gasteiger partial charge in [0.2, 0.25) is 10.0 Å². The van der Waals surface area contributed by atoms with Crippen LogP contribution >= 0.6 is 0 Å². The fraction of sp³-hybridized carbons (Fsp3) is 0.417. The van der Waals surface area contributed by atoms with Gasteiger partial charge in [0, 0.05) is 12.7 Å². The van der Waals surface area contributed by atoms with Gasteiger partial charge in [-0.05, 0) is 12.1 Å². The van der Waals surface area contributed by atoms with Crippen LogP contribution in [0.2, 0.25) is 0 Å². The molecule has 1 unspecified atom stereocenters. The smallest absolute Gasteiger partial charge is 0.336 e. The molecule has 9 heteroatoms. The Labute approximate surface area is 122 Å². The number of morpholine rings is 1. The first kappa shape index (κ1) is 15.4. The summed E-state index contributed by atoms with van der Waals surface area (Å²) < 4.78 is 35.9. The van der Waals surface area contributed by atoms with Gasteiger partial charge in [-0.2, -0.15) is 9.57 Å². The van der Waals surface area contributed by atoms with Gasteiger partial charge in [0.15, 0.2) is 11.8 Å². The highest BCUT2D eigenvalue weighted by Gasteiger charge is 2.35. The van der Waals surface area contributed by atoms with E-state index in [0.29, 0.717) is 0 Å². The van der Waals surface area contributed by atoms with Crippen molar-refractivity contribution in [3.05, 3.63) is 24.0 Å². The van der Waals surface area contributed by atoms with Crippen LogP contribution in [0.5, 0.6) is 0 Å². The SMILES string of the molecule is COC(=O)C1CN(S(=O)(=O)c2cccnc2C#N)CCO1. The molecule has 0 aliphatic carbocycles. The minimum absolute atomic E-state index is 0.0706. The van der Waals surface area contributed by atoms with E-state index < -0.39 is 22.1 Å². The molecule has 1 saturated heterocycles. The zero-order valence-corrected chi connectivity index (χ0v) is 12.0. The highest BCUT2D eigenvalue weighted by Crippen LogP contribution is 2.20. The third-order valence-electron chi connectivity index (χ3n) is 2.99. The van der Waals surface area contributed by atoms with Crippen molar-refractivity contribution in [1.82, 2.24) is 9.29 Å². The number of esters is 1. The Morgan fingerprint density at radius 2 is 2.38 bits per heavy atom. The highest BCUT2D eigenvalue weighted by molar-refractivity contribution is 7.89. The summed E-state index contributed by atoms with van der Waals surface area (Å²) in [6, 6.07) is 4.49. The topological polar surface area (TPSA) is 110 Å². The molecule has 0 saturated carbocycles. The van der Waals surface area contributed by atoms with Crippen molar-refractivity contribution in [2.45, 2.75) is 11.0 Å². The summed E-state index contributed by atoms with van der Waals surface area (Å²) in [5.74, 6) is -0.637. The largest absolute Gasteiger partial charge is 0.467 e. The molecule has 1 aromatic heterocycles. The summed E-state index contributed by atoms with van der Waals surface area (Å²) in [7, 11) is -2.72. The molecule has 21 heavy (non-hydrogen) atoms. The maximum Gasteiger partial charge on any atom is 0.336 e. The summed E-state index contributed by atoms with van der Waals surface area (Å²) in [6.45, 7) is 0.00546. The Morgan fingerprint density at radius 3 is 3.05 bits per heavy atom. The maximum atomic E-state index is 12.6. The number of nitrogens with zero attached hydrogens (tertiary/aromatic N) is 3. The molecular weight excluding hydrogens is 298 g/mol. The van der Waals surface area contributed by atoms with Crippen molar-refractivity contribution in [3.63, 3.8) is 0 Å². The Kier molecular flexibility index (Phi) is 4.52. The van der Waals surface area contributed by atoms with E-state index in [1.54, 1.807) is 6.07 Å². The molecule has 0 spiro atoms. The van der Waals surface area contributed by atoms with Crippen molar-refractivity contribution in [3.8, 4) is 6.07 Å². The van der Waals surface area contributed by atoms with Crippen LogP contribution in [0.4, 0.5) is 0 Å². The van der Waals surface area contributed by atoms with E-state index in [1.165, 1.54) is 25.4 Å². The van der Waals surface area contributed by atoms with Crippen LogP contribution in [0, 0.1) is 11.3 Å². The molecule has 8 nitrogen and oxygen atoms in total. The van der Waals surface area contributed by atoms with Crippen molar-refractivity contribution < 1.29 is 22.7 Å². The number of hydrogen-bond donors (Lipinski definition) is 0. The molecule has 0 N–H and O–H groups in total. The van der Waals surface area contributed by atoms with Gasteiger partial charge in [0.1, 0.15) is 11.0 Å². The molecule has 1 aromatic rings. The van der Waals surface area contributed by atoms with Gasteiger partial charge in [0.05, 0.1) is 20.3 Å². The second-order valence-corrected chi connectivity index (χ2v) is 6.11. The number of carbonyl (C=O) groups is 1. The monoisotopic (exact) mass is 311 g/mol. The lowest BCUT2D eigenvalue weighted by molar-refractivity contribution is -0.157. The molecule has 0 aromatic carbocycles. The minimum Gasteiger partial charge on any atom is -0.467 e. The van der Waals surface area contributed by atoms with E-state index in [-0.39, 0.29) is 30.3 Å². The van der Waals surface area contributed by atoms with Crippen LogP contribution in [-0.4, -0.2) is 56.6 Å². The molecule has 0 amide bonds. The van der Waals surface area contributed by atoms with Gasteiger partial charge >= 0.3 is 5.97 Å². The number of hydrogen-bond acceptors (Lipinski definition) is 7.